The van der Waals surface area contributed by atoms with Gasteiger partial charge in [0.05, 0.1) is 0 Å². The molecule has 3 heteroatoms. The number of likely N-dealkylation sites (tertiary alicyclic amines) is 1. The van der Waals surface area contributed by atoms with Crippen molar-refractivity contribution in [1.29, 1.82) is 0 Å². The van der Waals surface area contributed by atoms with Gasteiger partial charge < -0.3 is 10.0 Å². The highest BCUT2D eigenvalue weighted by Gasteiger charge is 2.38. The standard InChI is InChI=1S/C22H34FNO/c1-18(19-6-3-2-4-7-19)24-15-13-22(14-16-24,12-5-17-25)20-8-10-21(23)11-9-20/h8-11,18-19,25H,2-7,12-17H2,1H3. The van der Waals surface area contributed by atoms with Crippen molar-refractivity contribution in [3.05, 3.63) is 35.6 Å². The maximum Gasteiger partial charge on any atom is 0.123 e. The third-order valence-corrected chi connectivity index (χ3v) is 6.93. The van der Waals surface area contributed by atoms with Gasteiger partial charge in [-0.1, -0.05) is 31.4 Å². The molecule has 0 bridgehead atoms. The van der Waals surface area contributed by atoms with Crippen molar-refractivity contribution in [3.63, 3.8) is 0 Å². The third kappa shape index (κ3) is 4.43. The molecule has 1 unspecified atom stereocenters. The lowest BCUT2D eigenvalue weighted by molar-refractivity contribution is 0.0723. The first-order valence-corrected chi connectivity index (χ1v) is 10.3. The highest BCUT2D eigenvalue weighted by atomic mass is 19.1. The Balaban J connectivity index is 1.67. The second kappa shape index (κ2) is 8.64. The topological polar surface area (TPSA) is 23.5 Å². The number of hydrogen-bond donors (Lipinski definition) is 1. The van der Waals surface area contributed by atoms with Crippen LogP contribution in [-0.2, 0) is 5.41 Å². The van der Waals surface area contributed by atoms with Gasteiger partial charge >= 0.3 is 0 Å². The van der Waals surface area contributed by atoms with E-state index in [-0.39, 0.29) is 17.8 Å². The van der Waals surface area contributed by atoms with E-state index in [2.05, 4.69) is 11.8 Å². The zero-order chi connectivity index (χ0) is 17.7. The monoisotopic (exact) mass is 347 g/mol. The van der Waals surface area contributed by atoms with Crippen molar-refractivity contribution >= 4 is 0 Å². The smallest absolute Gasteiger partial charge is 0.123 e. The number of halogens is 1. The first-order valence-electron chi connectivity index (χ1n) is 10.3. The first kappa shape index (κ1) is 18.8. The summed E-state index contributed by atoms with van der Waals surface area (Å²) in [6.07, 6.45) is 11.1. The Hall–Kier alpha value is -0.930. The van der Waals surface area contributed by atoms with Crippen LogP contribution < -0.4 is 0 Å². The second-order valence-electron chi connectivity index (χ2n) is 8.29. The summed E-state index contributed by atoms with van der Waals surface area (Å²) in [7, 11) is 0. The van der Waals surface area contributed by atoms with E-state index in [1.807, 2.05) is 12.1 Å². The van der Waals surface area contributed by atoms with E-state index in [0.29, 0.717) is 6.04 Å². The molecule has 0 amide bonds. The molecule has 2 aliphatic rings. The molecule has 2 fully saturated rings. The van der Waals surface area contributed by atoms with Gasteiger partial charge in [-0.15, -0.1) is 0 Å². The summed E-state index contributed by atoms with van der Waals surface area (Å²) in [6.45, 7) is 4.92. The summed E-state index contributed by atoms with van der Waals surface area (Å²) in [5, 5.41) is 9.34. The van der Waals surface area contributed by atoms with Gasteiger partial charge in [0.25, 0.3) is 0 Å². The number of aliphatic hydroxyl groups excluding tert-OH is 1. The van der Waals surface area contributed by atoms with Crippen molar-refractivity contribution in [1.82, 2.24) is 4.90 Å². The normalized spacial score (nSPS) is 23.5. The lowest BCUT2D eigenvalue weighted by Gasteiger charge is -2.46. The fourth-order valence-electron chi connectivity index (χ4n) is 5.18. The van der Waals surface area contributed by atoms with Gasteiger partial charge in [-0.2, -0.15) is 0 Å². The second-order valence-corrected chi connectivity index (χ2v) is 8.29. The molecule has 25 heavy (non-hydrogen) atoms. The minimum Gasteiger partial charge on any atom is -0.396 e. The van der Waals surface area contributed by atoms with E-state index in [1.165, 1.54) is 37.7 Å². The van der Waals surface area contributed by atoms with E-state index >= 15 is 0 Å². The lowest BCUT2D eigenvalue weighted by Crippen LogP contribution is -2.48. The predicted octanol–water partition coefficient (Wildman–Crippen LogP) is 4.90. The third-order valence-electron chi connectivity index (χ3n) is 6.93. The van der Waals surface area contributed by atoms with Crippen molar-refractivity contribution < 1.29 is 9.50 Å². The Morgan fingerprint density at radius 3 is 2.36 bits per heavy atom. The summed E-state index contributed by atoms with van der Waals surface area (Å²) < 4.78 is 13.4. The van der Waals surface area contributed by atoms with Crippen LogP contribution in [0.25, 0.3) is 0 Å². The first-order chi connectivity index (χ1) is 12.1. The molecule has 1 atom stereocenters. The van der Waals surface area contributed by atoms with E-state index in [0.717, 1.165) is 44.7 Å². The molecule has 140 valence electrons. The van der Waals surface area contributed by atoms with Crippen LogP contribution in [0.4, 0.5) is 4.39 Å². The Morgan fingerprint density at radius 1 is 1.12 bits per heavy atom. The molecule has 2 nitrogen and oxygen atoms in total. The maximum absolute atomic E-state index is 13.4. The Morgan fingerprint density at radius 2 is 1.76 bits per heavy atom. The van der Waals surface area contributed by atoms with E-state index < -0.39 is 0 Å². The Bertz CT molecular complexity index is 515. The van der Waals surface area contributed by atoms with Crippen molar-refractivity contribution in [2.24, 2.45) is 5.92 Å². The molecule has 1 heterocycles. The zero-order valence-corrected chi connectivity index (χ0v) is 15.7. The molecule has 0 radical (unpaired) electrons. The van der Waals surface area contributed by atoms with Gasteiger partial charge in [-0.25, -0.2) is 4.39 Å². The SMILES string of the molecule is CC(C1CCCCC1)N1CCC(CCCO)(c2ccc(F)cc2)CC1. The number of benzene rings is 1. The van der Waals surface area contributed by atoms with Crippen LogP contribution in [0.3, 0.4) is 0 Å². The minimum absolute atomic E-state index is 0.110. The van der Waals surface area contributed by atoms with Crippen LogP contribution in [0.15, 0.2) is 24.3 Å². The van der Waals surface area contributed by atoms with Crippen molar-refractivity contribution in [3.8, 4) is 0 Å². The van der Waals surface area contributed by atoms with Crippen molar-refractivity contribution in [2.45, 2.75) is 76.2 Å². The Kier molecular flexibility index (Phi) is 6.51. The van der Waals surface area contributed by atoms with Gasteiger partial charge in [0.2, 0.25) is 0 Å². The lowest BCUT2D eigenvalue weighted by atomic mass is 9.69. The number of rotatable bonds is 6. The molecular weight excluding hydrogens is 313 g/mol. The molecule has 1 aliphatic heterocycles. The van der Waals surface area contributed by atoms with Crippen molar-refractivity contribution in [2.75, 3.05) is 19.7 Å². The van der Waals surface area contributed by atoms with E-state index in [1.54, 1.807) is 12.1 Å². The molecule has 0 spiro atoms. The van der Waals surface area contributed by atoms with Gasteiger partial charge in [-0.3, -0.25) is 0 Å². The Labute approximate surface area is 152 Å². The van der Waals surface area contributed by atoms with Crippen LogP contribution in [-0.4, -0.2) is 35.7 Å². The average Bonchev–Trinajstić information content (AvgIpc) is 2.67. The fraction of sp³-hybridized carbons (Fsp3) is 0.727. The molecule has 1 N–H and O–H groups in total. The maximum atomic E-state index is 13.4. The molecular formula is C22H34FNO. The molecule has 1 saturated heterocycles. The van der Waals surface area contributed by atoms with E-state index in [9.17, 15) is 9.50 Å². The quantitative estimate of drug-likeness (QED) is 0.791. The molecule has 3 rings (SSSR count). The van der Waals surface area contributed by atoms with Gasteiger partial charge in [0.15, 0.2) is 0 Å². The number of nitrogens with zero attached hydrogens (tertiary/aromatic N) is 1. The minimum atomic E-state index is -0.163. The average molecular weight is 348 g/mol. The number of piperidine rings is 1. The van der Waals surface area contributed by atoms with E-state index in [4.69, 9.17) is 0 Å². The summed E-state index contributed by atoms with van der Waals surface area (Å²) in [6, 6.07) is 7.80. The fourth-order valence-corrected chi connectivity index (χ4v) is 5.18. The number of hydrogen-bond acceptors (Lipinski definition) is 2. The van der Waals surface area contributed by atoms with Gasteiger partial charge in [0.1, 0.15) is 5.82 Å². The largest absolute Gasteiger partial charge is 0.396 e. The van der Waals surface area contributed by atoms with Crippen LogP contribution in [0.1, 0.15) is 70.3 Å². The molecule has 1 aromatic rings. The molecule has 1 saturated carbocycles. The van der Waals surface area contributed by atoms with Gasteiger partial charge in [0, 0.05) is 12.6 Å². The van der Waals surface area contributed by atoms with Crippen LogP contribution in [0, 0.1) is 11.7 Å². The highest BCUT2D eigenvalue weighted by Crippen LogP contribution is 2.41. The summed E-state index contributed by atoms with van der Waals surface area (Å²) in [4.78, 5) is 2.69. The van der Waals surface area contributed by atoms with Crippen LogP contribution >= 0.6 is 0 Å². The summed E-state index contributed by atoms with van der Waals surface area (Å²) in [5.74, 6) is 0.703. The number of aliphatic hydroxyl groups is 1. The predicted molar refractivity (Wildman–Crippen MR) is 101 cm³/mol. The van der Waals surface area contributed by atoms with Gasteiger partial charge in [-0.05, 0) is 87.6 Å². The molecule has 1 aliphatic carbocycles. The highest BCUT2D eigenvalue weighted by molar-refractivity contribution is 5.27. The molecule has 1 aromatic carbocycles. The molecule has 0 aromatic heterocycles. The van der Waals surface area contributed by atoms with Crippen LogP contribution in [0.5, 0.6) is 0 Å². The summed E-state index contributed by atoms with van der Waals surface area (Å²) >= 11 is 0. The summed E-state index contributed by atoms with van der Waals surface area (Å²) in [5.41, 5.74) is 1.37. The van der Waals surface area contributed by atoms with Crippen LogP contribution in [0.2, 0.25) is 0 Å². The zero-order valence-electron chi connectivity index (χ0n) is 15.7.